The molecule has 0 aliphatic heterocycles. The second-order valence-electron chi connectivity index (χ2n) is 3.54. The van der Waals surface area contributed by atoms with E-state index < -0.39 is 0 Å². The Bertz CT molecular complexity index is 245. The highest BCUT2D eigenvalue weighted by Crippen LogP contribution is 2.47. The van der Waals surface area contributed by atoms with Crippen molar-refractivity contribution < 1.29 is 0 Å². The third-order valence-corrected chi connectivity index (χ3v) is 3.58. The molecule has 0 saturated heterocycles. The van der Waals surface area contributed by atoms with E-state index in [9.17, 15) is 0 Å². The van der Waals surface area contributed by atoms with Crippen molar-refractivity contribution in [2.24, 2.45) is 17.7 Å². The normalized spacial score (nSPS) is 30.2. The van der Waals surface area contributed by atoms with Crippen LogP contribution in [0.2, 0.25) is 0 Å². The summed E-state index contributed by atoms with van der Waals surface area (Å²) in [5.41, 5.74) is 2.91. The molecule has 1 aromatic heterocycles. The molecule has 0 bridgehead atoms. The molecule has 1 aliphatic rings. The fourth-order valence-corrected chi connectivity index (χ4v) is 2.56. The van der Waals surface area contributed by atoms with Gasteiger partial charge in [0.1, 0.15) is 0 Å². The number of rotatable bonds is 3. The minimum absolute atomic E-state index is 0.389. The molecule has 0 spiro atoms. The number of hydrogen-bond donors (Lipinski definition) is 2. The zero-order chi connectivity index (χ0) is 8.55. The Kier molecular flexibility index (Phi) is 2.17. The molecule has 2 rings (SSSR count). The number of thiophene rings is 1. The van der Waals surface area contributed by atoms with Crippen LogP contribution in [0, 0.1) is 11.8 Å². The minimum atomic E-state index is 0.389. The molecule has 3 unspecified atom stereocenters. The summed E-state index contributed by atoms with van der Waals surface area (Å²) >= 11 is 1.78. The average molecular weight is 182 g/mol. The van der Waals surface area contributed by atoms with E-state index in [1.54, 1.807) is 11.3 Å². The van der Waals surface area contributed by atoms with Crippen molar-refractivity contribution in [1.82, 2.24) is 5.43 Å². The van der Waals surface area contributed by atoms with Gasteiger partial charge in [-0.1, -0.05) is 13.0 Å². The van der Waals surface area contributed by atoms with Gasteiger partial charge in [-0.2, -0.15) is 0 Å². The lowest BCUT2D eigenvalue weighted by molar-refractivity contribution is 0.483. The number of nitrogens with one attached hydrogen (secondary N) is 1. The first kappa shape index (κ1) is 8.23. The highest BCUT2D eigenvalue weighted by Gasteiger charge is 2.40. The van der Waals surface area contributed by atoms with Crippen LogP contribution in [0.4, 0.5) is 0 Å². The van der Waals surface area contributed by atoms with Crippen LogP contribution in [0.25, 0.3) is 0 Å². The predicted molar refractivity (Wildman–Crippen MR) is 51.7 cm³/mol. The molecular formula is C9H14N2S. The second-order valence-corrected chi connectivity index (χ2v) is 4.52. The van der Waals surface area contributed by atoms with Gasteiger partial charge >= 0.3 is 0 Å². The third-order valence-electron chi connectivity index (χ3n) is 2.63. The molecule has 0 radical (unpaired) electrons. The minimum Gasteiger partial charge on any atom is -0.271 e. The van der Waals surface area contributed by atoms with Crippen molar-refractivity contribution in [3.63, 3.8) is 0 Å². The predicted octanol–water partition coefficient (Wildman–Crippen LogP) is 1.91. The van der Waals surface area contributed by atoms with Gasteiger partial charge in [0.25, 0.3) is 0 Å². The van der Waals surface area contributed by atoms with E-state index in [4.69, 9.17) is 5.84 Å². The molecular weight excluding hydrogens is 168 g/mol. The average Bonchev–Trinajstić information content (AvgIpc) is 2.60. The lowest BCUT2D eigenvalue weighted by atomic mass is 10.1. The van der Waals surface area contributed by atoms with Gasteiger partial charge in [0.05, 0.1) is 6.04 Å². The van der Waals surface area contributed by atoms with Gasteiger partial charge in [-0.3, -0.25) is 11.3 Å². The first-order valence-electron chi connectivity index (χ1n) is 4.32. The van der Waals surface area contributed by atoms with Gasteiger partial charge in [-0.25, -0.2) is 0 Å². The van der Waals surface area contributed by atoms with Crippen LogP contribution in [0.15, 0.2) is 17.5 Å². The molecule has 2 nitrogen and oxygen atoms in total. The Labute approximate surface area is 76.8 Å². The van der Waals surface area contributed by atoms with Crippen molar-refractivity contribution in [2.75, 3.05) is 0 Å². The summed E-state index contributed by atoms with van der Waals surface area (Å²) in [6.45, 7) is 2.28. The Balaban J connectivity index is 2.09. The Morgan fingerprint density at radius 2 is 2.50 bits per heavy atom. The Morgan fingerprint density at radius 1 is 1.75 bits per heavy atom. The number of hydrazine groups is 1. The number of hydrogen-bond acceptors (Lipinski definition) is 3. The first-order chi connectivity index (χ1) is 5.83. The van der Waals surface area contributed by atoms with Gasteiger partial charge in [0, 0.05) is 4.88 Å². The van der Waals surface area contributed by atoms with E-state index >= 15 is 0 Å². The van der Waals surface area contributed by atoms with Crippen LogP contribution in [-0.4, -0.2) is 0 Å². The topological polar surface area (TPSA) is 38.0 Å². The van der Waals surface area contributed by atoms with Crippen LogP contribution >= 0.6 is 11.3 Å². The molecule has 1 heterocycles. The maximum absolute atomic E-state index is 5.52. The maximum Gasteiger partial charge on any atom is 0.0584 e. The van der Waals surface area contributed by atoms with Crippen molar-refractivity contribution in [3.8, 4) is 0 Å². The molecule has 0 amide bonds. The van der Waals surface area contributed by atoms with Gasteiger partial charge in [0.15, 0.2) is 0 Å². The van der Waals surface area contributed by atoms with E-state index in [1.165, 1.54) is 11.3 Å². The van der Waals surface area contributed by atoms with Crippen LogP contribution in [0.3, 0.4) is 0 Å². The van der Waals surface area contributed by atoms with Gasteiger partial charge in [-0.05, 0) is 29.7 Å². The Morgan fingerprint density at radius 3 is 2.92 bits per heavy atom. The van der Waals surface area contributed by atoms with E-state index in [-0.39, 0.29) is 0 Å². The molecule has 1 fully saturated rings. The third kappa shape index (κ3) is 1.40. The molecule has 66 valence electrons. The van der Waals surface area contributed by atoms with E-state index in [0.717, 1.165) is 11.8 Å². The van der Waals surface area contributed by atoms with Gasteiger partial charge in [0.2, 0.25) is 0 Å². The van der Waals surface area contributed by atoms with Crippen molar-refractivity contribution >= 4 is 11.3 Å². The summed E-state index contributed by atoms with van der Waals surface area (Å²) in [4.78, 5) is 1.37. The molecule has 1 aliphatic carbocycles. The molecule has 3 atom stereocenters. The largest absolute Gasteiger partial charge is 0.271 e. The van der Waals surface area contributed by atoms with Crippen molar-refractivity contribution in [3.05, 3.63) is 22.4 Å². The summed E-state index contributed by atoms with van der Waals surface area (Å²) in [6, 6.07) is 4.62. The molecule has 0 aromatic carbocycles. The molecule has 12 heavy (non-hydrogen) atoms. The fourth-order valence-electron chi connectivity index (χ4n) is 1.70. The first-order valence-corrected chi connectivity index (χ1v) is 5.20. The highest BCUT2D eigenvalue weighted by molar-refractivity contribution is 7.10. The van der Waals surface area contributed by atoms with Gasteiger partial charge in [-0.15, -0.1) is 11.3 Å². The summed E-state index contributed by atoms with van der Waals surface area (Å²) in [6.07, 6.45) is 1.31. The van der Waals surface area contributed by atoms with Crippen molar-refractivity contribution in [2.45, 2.75) is 19.4 Å². The van der Waals surface area contributed by atoms with Crippen molar-refractivity contribution in [1.29, 1.82) is 0 Å². The summed E-state index contributed by atoms with van der Waals surface area (Å²) in [5, 5.41) is 2.10. The number of nitrogens with two attached hydrogens (primary N) is 1. The smallest absolute Gasteiger partial charge is 0.0584 e. The highest BCUT2D eigenvalue weighted by atomic mass is 32.1. The van der Waals surface area contributed by atoms with Crippen LogP contribution in [0.1, 0.15) is 24.3 Å². The second kappa shape index (κ2) is 3.17. The summed E-state index contributed by atoms with van der Waals surface area (Å²) < 4.78 is 0. The SMILES string of the molecule is CC1CC1C(NN)c1cccs1. The fraction of sp³-hybridized carbons (Fsp3) is 0.556. The zero-order valence-corrected chi connectivity index (χ0v) is 7.97. The van der Waals surface area contributed by atoms with Crippen LogP contribution in [-0.2, 0) is 0 Å². The molecule has 3 heteroatoms. The summed E-state index contributed by atoms with van der Waals surface area (Å²) in [7, 11) is 0. The quantitative estimate of drug-likeness (QED) is 0.553. The van der Waals surface area contributed by atoms with Crippen LogP contribution in [0.5, 0.6) is 0 Å². The molecule has 1 aromatic rings. The lowest BCUT2D eigenvalue weighted by Gasteiger charge is -2.12. The van der Waals surface area contributed by atoms with Crippen LogP contribution < -0.4 is 11.3 Å². The standard InChI is InChI=1S/C9H14N2S/c1-6-5-7(6)9(11-10)8-3-2-4-12-8/h2-4,6-7,9,11H,5,10H2,1H3. The molecule has 3 N–H and O–H groups in total. The Hall–Kier alpha value is -0.380. The summed E-state index contributed by atoms with van der Waals surface area (Å²) in [5.74, 6) is 7.12. The maximum atomic E-state index is 5.52. The monoisotopic (exact) mass is 182 g/mol. The molecule has 1 saturated carbocycles. The lowest BCUT2D eigenvalue weighted by Crippen LogP contribution is -2.29. The van der Waals surface area contributed by atoms with E-state index in [2.05, 4.69) is 29.9 Å². The van der Waals surface area contributed by atoms with E-state index in [0.29, 0.717) is 6.04 Å². The van der Waals surface area contributed by atoms with Gasteiger partial charge < -0.3 is 0 Å². The van der Waals surface area contributed by atoms with E-state index in [1.807, 2.05) is 0 Å². The zero-order valence-electron chi connectivity index (χ0n) is 7.16.